The van der Waals surface area contributed by atoms with Gasteiger partial charge in [0.15, 0.2) is 0 Å². The maximum absolute atomic E-state index is 12.0. The summed E-state index contributed by atoms with van der Waals surface area (Å²) < 4.78 is -0.200. The van der Waals surface area contributed by atoms with Gasteiger partial charge in [0.1, 0.15) is 0 Å². The van der Waals surface area contributed by atoms with Gasteiger partial charge >= 0.3 is 0 Å². The van der Waals surface area contributed by atoms with Crippen molar-refractivity contribution in [2.45, 2.75) is 50.3 Å². The zero-order chi connectivity index (χ0) is 12.1. The van der Waals surface area contributed by atoms with Gasteiger partial charge in [-0.15, -0.1) is 0 Å². The average Bonchev–Trinajstić information content (AvgIpc) is 2.50. The van der Waals surface area contributed by atoms with Gasteiger partial charge in [-0.1, -0.05) is 52.6 Å². The quantitative estimate of drug-likeness (QED) is 0.766. The molecule has 0 bridgehead atoms. The highest BCUT2D eigenvalue weighted by atomic mass is 79.9. The van der Waals surface area contributed by atoms with E-state index >= 15 is 0 Å². The number of nitrogens with one attached hydrogen (secondary N) is 1. The second-order valence-electron chi connectivity index (χ2n) is 5.77. The van der Waals surface area contributed by atoms with Crippen LogP contribution >= 0.6 is 31.9 Å². The van der Waals surface area contributed by atoms with Crippen LogP contribution in [-0.4, -0.2) is 15.2 Å². The lowest BCUT2D eigenvalue weighted by Crippen LogP contribution is -2.45. The Bertz CT molecular complexity index is 283. The predicted octanol–water partition coefficient (Wildman–Crippen LogP) is 3.43. The van der Waals surface area contributed by atoms with E-state index in [9.17, 15) is 4.79 Å². The standard InChI is InChI=1S/C11H19Br2NO/c1-7(9(2,3)4)14-8(15)10(5)6-11(10,12)13/h7H,6H2,1-5H3,(H,14,15)/t7-,10-/m1/s1. The third-order valence-electron chi connectivity index (χ3n) is 3.41. The lowest BCUT2D eigenvalue weighted by molar-refractivity contribution is -0.127. The molecule has 0 aromatic rings. The molecule has 1 fully saturated rings. The Morgan fingerprint density at radius 2 is 1.80 bits per heavy atom. The second kappa shape index (κ2) is 3.73. The van der Waals surface area contributed by atoms with Crippen molar-refractivity contribution in [2.24, 2.45) is 10.8 Å². The van der Waals surface area contributed by atoms with Crippen molar-refractivity contribution in [3.8, 4) is 0 Å². The van der Waals surface area contributed by atoms with Crippen molar-refractivity contribution in [3.05, 3.63) is 0 Å². The molecule has 1 aliphatic carbocycles. The molecule has 88 valence electrons. The summed E-state index contributed by atoms with van der Waals surface area (Å²) in [6, 6.07) is 0.179. The van der Waals surface area contributed by atoms with Crippen LogP contribution in [0.25, 0.3) is 0 Å². The van der Waals surface area contributed by atoms with E-state index in [0.29, 0.717) is 0 Å². The molecule has 0 aliphatic heterocycles. The zero-order valence-electron chi connectivity index (χ0n) is 9.95. The monoisotopic (exact) mass is 339 g/mol. The number of carbonyl (C=O) groups excluding carboxylic acids is 1. The van der Waals surface area contributed by atoms with Crippen LogP contribution in [-0.2, 0) is 4.79 Å². The normalized spacial score (nSPS) is 30.9. The van der Waals surface area contributed by atoms with E-state index in [-0.39, 0.29) is 26.0 Å². The maximum Gasteiger partial charge on any atom is 0.228 e. The van der Waals surface area contributed by atoms with Gasteiger partial charge in [0.2, 0.25) is 5.91 Å². The van der Waals surface area contributed by atoms with Gasteiger partial charge in [-0.3, -0.25) is 4.79 Å². The van der Waals surface area contributed by atoms with Crippen molar-refractivity contribution in [2.75, 3.05) is 0 Å². The molecule has 0 aromatic carbocycles. The predicted molar refractivity (Wildman–Crippen MR) is 70.4 cm³/mol. The molecule has 2 atom stereocenters. The number of halogens is 2. The smallest absolute Gasteiger partial charge is 0.228 e. The first-order valence-electron chi connectivity index (χ1n) is 5.19. The van der Waals surface area contributed by atoms with Crippen molar-refractivity contribution in [3.63, 3.8) is 0 Å². The molecule has 0 spiro atoms. The second-order valence-corrected chi connectivity index (χ2v) is 9.55. The zero-order valence-corrected chi connectivity index (χ0v) is 13.1. The molecule has 15 heavy (non-hydrogen) atoms. The molecule has 1 N–H and O–H groups in total. The Kier molecular flexibility index (Phi) is 3.35. The first-order valence-corrected chi connectivity index (χ1v) is 6.78. The highest BCUT2D eigenvalue weighted by Gasteiger charge is 2.66. The summed E-state index contributed by atoms with van der Waals surface area (Å²) in [7, 11) is 0. The maximum atomic E-state index is 12.0. The van der Waals surface area contributed by atoms with Crippen LogP contribution in [0.5, 0.6) is 0 Å². The lowest BCUT2D eigenvalue weighted by atomic mass is 9.87. The van der Waals surface area contributed by atoms with Crippen molar-refractivity contribution in [1.82, 2.24) is 5.32 Å². The summed E-state index contributed by atoms with van der Waals surface area (Å²) in [5.74, 6) is 0.124. The van der Waals surface area contributed by atoms with Crippen LogP contribution in [0.3, 0.4) is 0 Å². The third kappa shape index (κ3) is 2.57. The molecule has 1 aliphatic rings. The topological polar surface area (TPSA) is 29.1 Å². The van der Waals surface area contributed by atoms with Gasteiger partial charge in [0.05, 0.1) is 8.65 Å². The Hall–Kier alpha value is 0.430. The van der Waals surface area contributed by atoms with Gasteiger partial charge in [-0.2, -0.15) is 0 Å². The highest BCUT2D eigenvalue weighted by molar-refractivity contribution is 9.25. The summed E-state index contributed by atoms with van der Waals surface area (Å²) in [5, 5.41) is 3.08. The van der Waals surface area contributed by atoms with Crippen molar-refractivity contribution in [1.29, 1.82) is 0 Å². The summed E-state index contributed by atoms with van der Waals surface area (Å²) >= 11 is 7.01. The molecule has 0 unspecified atom stereocenters. The Morgan fingerprint density at radius 1 is 1.40 bits per heavy atom. The number of alkyl halides is 2. The van der Waals surface area contributed by atoms with Crippen LogP contribution in [0.2, 0.25) is 0 Å². The summed E-state index contributed by atoms with van der Waals surface area (Å²) in [6.07, 6.45) is 0.836. The average molecular weight is 341 g/mol. The highest BCUT2D eigenvalue weighted by Crippen LogP contribution is 2.66. The Morgan fingerprint density at radius 3 is 2.07 bits per heavy atom. The van der Waals surface area contributed by atoms with Crippen molar-refractivity contribution < 1.29 is 4.79 Å². The minimum Gasteiger partial charge on any atom is -0.353 e. The van der Waals surface area contributed by atoms with E-state index in [2.05, 4.69) is 57.9 Å². The number of hydrogen-bond acceptors (Lipinski definition) is 1. The largest absolute Gasteiger partial charge is 0.353 e. The van der Waals surface area contributed by atoms with E-state index < -0.39 is 0 Å². The van der Waals surface area contributed by atoms with Crippen LogP contribution < -0.4 is 5.32 Å². The van der Waals surface area contributed by atoms with E-state index in [1.165, 1.54) is 0 Å². The van der Waals surface area contributed by atoms with Gasteiger partial charge in [-0.05, 0) is 25.7 Å². The fraction of sp³-hybridized carbons (Fsp3) is 0.909. The molecule has 0 heterocycles. The Balaban J connectivity index is 2.59. The van der Waals surface area contributed by atoms with Crippen LogP contribution in [0, 0.1) is 10.8 Å². The van der Waals surface area contributed by atoms with Crippen LogP contribution in [0.4, 0.5) is 0 Å². The number of carbonyl (C=O) groups is 1. The molecule has 0 radical (unpaired) electrons. The molecule has 0 saturated heterocycles. The van der Waals surface area contributed by atoms with Crippen LogP contribution in [0.1, 0.15) is 41.0 Å². The molecule has 1 saturated carbocycles. The molecule has 1 rings (SSSR count). The van der Waals surface area contributed by atoms with E-state index in [4.69, 9.17) is 0 Å². The van der Waals surface area contributed by atoms with Gasteiger partial charge in [0.25, 0.3) is 0 Å². The van der Waals surface area contributed by atoms with E-state index in [1.807, 2.05) is 13.8 Å². The summed E-state index contributed by atoms with van der Waals surface area (Å²) in [5.41, 5.74) is -0.214. The fourth-order valence-electron chi connectivity index (χ4n) is 1.22. The first-order chi connectivity index (χ1) is 6.51. The molecular formula is C11H19Br2NO. The van der Waals surface area contributed by atoms with Crippen molar-refractivity contribution >= 4 is 37.8 Å². The number of amides is 1. The number of hydrogen-bond donors (Lipinski definition) is 1. The minimum atomic E-state index is -0.313. The molecule has 1 amide bonds. The fourth-order valence-corrected chi connectivity index (χ4v) is 2.70. The lowest BCUT2D eigenvalue weighted by Gasteiger charge is -2.29. The van der Waals surface area contributed by atoms with Gasteiger partial charge in [0, 0.05) is 6.04 Å². The van der Waals surface area contributed by atoms with Gasteiger partial charge < -0.3 is 5.32 Å². The molecule has 4 heteroatoms. The SMILES string of the molecule is C[C@@H](NC(=O)[C@@]1(C)CC1(Br)Br)C(C)(C)C. The van der Waals surface area contributed by atoms with Crippen LogP contribution in [0.15, 0.2) is 0 Å². The van der Waals surface area contributed by atoms with Gasteiger partial charge in [-0.25, -0.2) is 0 Å². The van der Waals surface area contributed by atoms with E-state index in [0.717, 1.165) is 6.42 Å². The summed E-state index contributed by atoms with van der Waals surface area (Å²) in [6.45, 7) is 10.4. The molecular weight excluding hydrogens is 322 g/mol. The molecule has 2 nitrogen and oxygen atoms in total. The first kappa shape index (κ1) is 13.5. The molecule has 0 aromatic heterocycles. The minimum absolute atomic E-state index is 0.0994. The summed E-state index contributed by atoms with van der Waals surface area (Å²) in [4.78, 5) is 12.0. The number of rotatable bonds is 2. The Labute approximate surface area is 109 Å². The van der Waals surface area contributed by atoms with E-state index in [1.54, 1.807) is 0 Å². The third-order valence-corrected chi connectivity index (χ3v) is 5.72.